The third kappa shape index (κ3) is 2.16. The number of piperidine rings is 1. The van der Waals surface area contributed by atoms with Crippen molar-refractivity contribution in [2.24, 2.45) is 0 Å². The highest BCUT2D eigenvalue weighted by Gasteiger charge is 2.40. The summed E-state index contributed by atoms with van der Waals surface area (Å²) in [6, 6.07) is 0.634. The number of piperazine rings is 1. The van der Waals surface area contributed by atoms with Crippen molar-refractivity contribution in [1.29, 1.82) is 0 Å². The van der Waals surface area contributed by atoms with Crippen molar-refractivity contribution in [3.63, 3.8) is 0 Å². The summed E-state index contributed by atoms with van der Waals surface area (Å²) in [5.41, 5.74) is -0.293. The van der Waals surface area contributed by atoms with Crippen LogP contribution in [-0.2, 0) is 4.79 Å². The van der Waals surface area contributed by atoms with E-state index in [4.69, 9.17) is 0 Å². The Morgan fingerprint density at radius 2 is 2.11 bits per heavy atom. The van der Waals surface area contributed by atoms with Crippen molar-refractivity contribution in [2.45, 2.75) is 50.6 Å². The zero-order valence-corrected chi connectivity index (χ0v) is 11.5. The van der Waals surface area contributed by atoms with Gasteiger partial charge in [0.15, 0.2) is 0 Å². The number of carbonyl (C=O) groups excluding carboxylic acids is 1. The molecule has 0 aromatic carbocycles. The normalized spacial score (nSPS) is 37.6. The highest BCUT2D eigenvalue weighted by molar-refractivity contribution is 5.86. The fraction of sp³-hybridized carbons (Fsp3) is 0.929. The smallest absolute Gasteiger partial charge is 0.242 e. The van der Waals surface area contributed by atoms with Gasteiger partial charge in [0.05, 0.1) is 5.54 Å². The van der Waals surface area contributed by atoms with Crippen LogP contribution in [0.15, 0.2) is 0 Å². The second-order valence-electron chi connectivity index (χ2n) is 6.30. The van der Waals surface area contributed by atoms with Gasteiger partial charge in [0, 0.05) is 25.7 Å². The Bertz CT molecular complexity index is 325. The Kier molecular flexibility index (Phi) is 3.32. The number of fused-ring (bicyclic) bond motifs is 1. The molecule has 3 aliphatic heterocycles. The number of nitrogens with one attached hydrogen (secondary N) is 1. The first-order chi connectivity index (χ1) is 8.69. The SMILES string of the molecule is CC1(C(=O)N2CCN3CCCC3C2)CCCCN1. The fourth-order valence-corrected chi connectivity index (χ4v) is 3.76. The molecule has 0 spiro atoms. The topological polar surface area (TPSA) is 35.6 Å². The zero-order valence-electron chi connectivity index (χ0n) is 11.5. The van der Waals surface area contributed by atoms with Crippen LogP contribution in [0.1, 0.15) is 39.0 Å². The summed E-state index contributed by atoms with van der Waals surface area (Å²) in [4.78, 5) is 17.4. The van der Waals surface area contributed by atoms with Crippen molar-refractivity contribution in [3.8, 4) is 0 Å². The maximum absolute atomic E-state index is 12.7. The molecule has 0 aliphatic carbocycles. The first-order valence-corrected chi connectivity index (χ1v) is 7.47. The third-order valence-corrected chi connectivity index (χ3v) is 4.97. The van der Waals surface area contributed by atoms with Crippen LogP contribution in [0.5, 0.6) is 0 Å². The van der Waals surface area contributed by atoms with Gasteiger partial charge in [0.25, 0.3) is 0 Å². The summed E-state index contributed by atoms with van der Waals surface area (Å²) in [5, 5.41) is 3.45. The summed E-state index contributed by atoms with van der Waals surface area (Å²) < 4.78 is 0. The van der Waals surface area contributed by atoms with Gasteiger partial charge in [-0.05, 0) is 52.1 Å². The molecular formula is C14H25N3O. The molecule has 0 radical (unpaired) electrons. The lowest BCUT2D eigenvalue weighted by Crippen LogP contribution is -2.62. The van der Waals surface area contributed by atoms with Gasteiger partial charge in [-0.3, -0.25) is 9.69 Å². The van der Waals surface area contributed by atoms with E-state index in [1.807, 2.05) is 0 Å². The number of hydrogen-bond donors (Lipinski definition) is 1. The van der Waals surface area contributed by atoms with Crippen molar-refractivity contribution in [3.05, 3.63) is 0 Å². The number of carbonyl (C=O) groups is 1. The van der Waals surface area contributed by atoms with E-state index in [1.165, 1.54) is 32.2 Å². The average Bonchev–Trinajstić information content (AvgIpc) is 2.86. The predicted molar refractivity (Wildman–Crippen MR) is 71.4 cm³/mol. The molecule has 2 atom stereocenters. The number of hydrogen-bond acceptors (Lipinski definition) is 3. The van der Waals surface area contributed by atoms with E-state index in [-0.39, 0.29) is 5.54 Å². The van der Waals surface area contributed by atoms with Crippen molar-refractivity contribution >= 4 is 5.91 Å². The van der Waals surface area contributed by atoms with Crippen molar-refractivity contribution in [2.75, 3.05) is 32.7 Å². The molecule has 102 valence electrons. The molecule has 0 saturated carbocycles. The third-order valence-electron chi connectivity index (χ3n) is 4.97. The molecule has 18 heavy (non-hydrogen) atoms. The zero-order chi connectivity index (χ0) is 12.6. The molecule has 0 bridgehead atoms. The second kappa shape index (κ2) is 4.82. The van der Waals surface area contributed by atoms with Gasteiger partial charge in [0.2, 0.25) is 5.91 Å². The first-order valence-electron chi connectivity index (χ1n) is 7.47. The first kappa shape index (κ1) is 12.4. The van der Waals surface area contributed by atoms with Crippen LogP contribution in [0.2, 0.25) is 0 Å². The molecule has 0 aromatic rings. The number of rotatable bonds is 1. The lowest BCUT2D eigenvalue weighted by Gasteiger charge is -2.43. The minimum absolute atomic E-state index is 0.293. The lowest BCUT2D eigenvalue weighted by molar-refractivity contribution is -0.141. The van der Waals surface area contributed by atoms with Crippen LogP contribution in [0.4, 0.5) is 0 Å². The van der Waals surface area contributed by atoms with Crippen LogP contribution in [0.3, 0.4) is 0 Å². The molecule has 3 aliphatic rings. The van der Waals surface area contributed by atoms with Crippen LogP contribution >= 0.6 is 0 Å². The minimum Gasteiger partial charge on any atom is -0.338 e. The number of nitrogens with zero attached hydrogens (tertiary/aromatic N) is 2. The molecule has 3 heterocycles. The van der Waals surface area contributed by atoms with E-state index < -0.39 is 0 Å². The predicted octanol–water partition coefficient (Wildman–Crippen LogP) is 0.825. The van der Waals surface area contributed by atoms with Crippen molar-refractivity contribution in [1.82, 2.24) is 15.1 Å². The van der Waals surface area contributed by atoms with Crippen LogP contribution in [0.25, 0.3) is 0 Å². The standard InChI is InChI=1S/C14H25N3O/c1-14(6-2-3-7-15-14)13(18)17-10-9-16-8-4-5-12(16)11-17/h12,15H,2-11H2,1H3. The molecule has 0 aromatic heterocycles. The second-order valence-corrected chi connectivity index (χ2v) is 6.30. The largest absolute Gasteiger partial charge is 0.338 e. The molecule has 1 N–H and O–H groups in total. The molecule has 3 saturated heterocycles. The lowest BCUT2D eigenvalue weighted by atomic mass is 9.89. The van der Waals surface area contributed by atoms with Gasteiger partial charge < -0.3 is 10.2 Å². The molecule has 4 heteroatoms. The van der Waals surface area contributed by atoms with Gasteiger partial charge in [-0.25, -0.2) is 0 Å². The summed E-state index contributed by atoms with van der Waals surface area (Å²) in [6.07, 6.45) is 5.96. The maximum atomic E-state index is 12.7. The van der Waals surface area contributed by atoms with E-state index >= 15 is 0 Å². The van der Waals surface area contributed by atoms with Gasteiger partial charge >= 0.3 is 0 Å². The summed E-state index contributed by atoms with van der Waals surface area (Å²) in [5.74, 6) is 0.341. The Balaban J connectivity index is 1.65. The van der Waals surface area contributed by atoms with E-state index in [0.717, 1.165) is 32.6 Å². The molecule has 1 amide bonds. The van der Waals surface area contributed by atoms with Crippen LogP contribution in [-0.4, -0.2) is 60.0 Å². The van der Waals surface area contributed by atoms with Crippen LogP contribution < -0.4 is 5.32 Å². The highest BCUT2D eigenvalue weighted by Crippen LogP contribution is 2.26. The molecule has 3 rings (SSSR count). The van der Waals surface area contributed by atoms with E-state index in [2.05, 4.69) is 22.0 Å². The summed E-state index contributed by atoms with van der Waals surface area (Å²) in [7, 11) is 0. The van der Waals surface area contributed by atoms with Gasteiger partial charge in [0.1, 0.15) is 0 Å². The molecule has 2 unspecified atom stereocenters. The van der Waals surface area contributed by atoms with Gasteiger partial charge in [-0.1, -0.05) is 0 Å². The van der Waals surface area contributed by atoms with E-state index in [9.17, 15) is 4.79 Å². The Labute approximate surface area is 110 Å². The van der Waals surface area contributed by atoms with Crippen LogP contribution in [0, 0.1) is 0 Å². The Morgan fingerprint density at radius 1 is 1.22 bits per heavy atom. The molecule has 4 nitrogen and oxygen atoms in total. The minimum atomic E-state index is -0.293. The van der Waals surface area contributed by atoms with Gasteiger partial charge in [-0.15, -0.1) is 0 Å². The van der Waals surface area contributed by atoms with E-state index in [0.29, 0.717) is 11.9 Å². The Morgan fingerprint density at radius 3 is 2.89 bits per heavy atom. The quantitative estimate of drug-likeness (QED) is 0.749. The van der Waals surface area contributed by atoms with Crippen molar-refractivity contribution < 1.29 is 4.79 Å². The monoisotopic (exact) mass is 251 g/mol. The average molecular weight is 251 g/mol. The molecule has 3 fully saturated rings. The van der Waals surface area contributed by atoms with E-state index in [1.54, 1.807) is 0 Å². The fourth-order valence-electron chi connectivity index (χ4n) is 3.76. The highest BCUT2D eigenvalue weighted by atomic mass is 16.2. The number of amides is 1. The maximum Gasteiger partial charge on any atom is 0.242 e. The Hall–Kier alpha value is -0.610. The summed E-state index contributed by atoms with van der Waals surface area (Å²) in [6.45, 7) is 7.28. The molecular weight excluding hydrogens is 226 g/mol. The van der Waals surface area contributed by atoms with Gasteiger partial charge in [-0.2, -0.15) is 0 Å². The summed E-state index contributed by atoms with van der Waals surface area (Å²) >= 11 is 0.